The summed E-state index contributed by atoms with van der Waals surface area (Å²) in [5.41, 5.74) is 5.89. The first kappa shape index (κ1) is 17.5. The Labute approximate surface area is 143 Å². The molecule has 1 aromatic heterocycles. The summed E-state index contributed by atoms with van der Waals surface area (Å²) in [7, 11) is 0. The predicted molar refractivity (Wildman–Crippen MR) is 94.3 cm³/mol. The van der Waals surface area contributed by atoms with Crippen LogP contribution in [-0.4, -0.2) is 23.9 Å². The highest BCUT2D eigenvalue weighted by atomic mass is 35.5. The Morgan fingerprint density at radius 1 is 1.26 bits per heavy atom. The molecule has 2 amide bonds. The van der Waals surface area contributed by atoms with Crippen LogP contribution in [0, 0.1) is 0 Å². The molecule has 0 unspecified atom stereocenters. The normalized spacial score (nSPS) is 11.1. The first-order valence-electron chi connectivity index (χ1n) is 6.99. The third kappa shape index (κ3) is 4.54. The fraction of sp³-hybridized carbons (Fsp3) is 0.250. The maximum atomic E-state index is 12.3. The number of carbonyl (C=O) groups excluding carboxylic acids is 2. The summed E-state index contributed by atoms with van der Waals surface area (Å²) in [6, 6.07) is 8.24. The zero-order chi connectivity index (χ0) is 17.0. The zero-order valence-corrected chi connectivity index (χ0v) is 14.4. The van der Waals surface area contributed by atoms with Crippen LogP contribution in [0.25, 0.3) is 0 Å². The molecule has 0 fully saturated rings. The maximum absolute atomic E-state index is 12.3. The molecule has 122 valence electrons. The van der Waals surface area contributed by atoms with E-state index in [-0.39, 0.29) is 11.8 Å². The van der Waals surface area contributed by atoms with E-state index >= 15 is 0 Å². The van der Waals surface area contributed by atoms with Gasteiger partial charge >= 0.3 is 0 Å². The van der Waals surface area contributed by atoms with Gasteiger partial charge in [-0.25, -0.2) is 0 Å². The van der Waals surface area contributed by atoms with E-state index in [0.717, 1.165) is 0 Å². The molecule has 0 bridgehead atoms. The highest BCUT2D eigenvalue weighted by Gasteiger charge is 2.20. The van der Waals surface area contributed by atoms with Gasteiger partial charge in [0, 0.05) is 17.6 Å². The van der Waals surface area contributed by atoms with E-state index in [9.17, 15) is 9.59 Å². The van der Waals surface area contributed by atoms with Crippen molar-refractivity contribution in [1.29, 1.82) is 0 Å². The van der Waals surface area contributed by atoms with Crippen LogP contribution in [0.3, 0.4) is 0 Å². The highest BCUT2D eigenvalue weighted by molar-refractivity contribution is 7.12. The fourth-order valence-corrected chi connectivity index (χ4v) is 2.57. The number of thiophene rings is 1. The molecule has 0 atom stereocenters. The van der Waals surface area contributed by atoms with Gasteiger partial charge in [-0.3, -0.25) is 9.59 Å². The van der Waals surface area contributed by atoms with E-state index in [4.69, 9.17) is 17.3 Å². The van der Waals surface area contributed by atoms with Gasteiger partial charge in [0.25, 0.3) is 11.8 Å². The van der Waals surface area contributed by atoms with Crippen LogP contribution in [-0.2, 0) is 0 Å². The molecule has 0 spiro atoms. The summed E-state index contributed by atoms with van der Waals surface area (Å²) in [6.45, 7) is 3.98. The monoisotopic (exact) mass is 351 g/mol. The minimum absolute atomic E-state index is 0.262. The molecule has 0 radical (unpaired) electrons. The van der Waals surface area contributed by atoms with Gasteiger partial charge in [-0.1, -0.05) is 17.7 Å². The molecule has 2 aromatic rings. The van der Waals surface area contributed by atoms with E-state index in [0.29, 0.717) is 27.7 Å². The third-order valence-electron chi connectivity index (χ3n) is 3.18. The summed E-state index contributed by atoms with van der Waals surface area (Å²) < 4.78 is 0. The van der Waals surface area contributed by atoms with Crippen molar-refractivity contribution in [3.05, 3.63) is 51.2 Å². The zero-order valence-electron chi connectivity index (χ0n) is 12.9. The lowest BCUT2D eigenvalue weighted by Crippen LogP contribution is -2.48. The number of carbonyl (C=O) groups is 2. The molecule has 0 saturated heterocycles. The maximum Gasteiger partial charge on any atom is 0.265 e. The number of anilines is 1. The lowest BCUT2D eigenvalue weighted by atomic mass is 10.0. The van der Waals surface area contributed by atoms with Gasteiger partial charge in [-0.05, 0) is 43.5 Å². The minimum atomic E-state index is -0.517. The van der Waals surface area contributed by atoms with Gasteiger partial charge in [0.1, 0.15) is 0 Å². The number of nitrogens with two attached hydrogens (primary N) is 1. The molecule has 7 heteroatoms. The number of rotatable bonds is 5. The van der Waals surface area contributed by atoms with Crippen LogP contribution < -0.4 is 16.4 Å². The molecule has 0 aliphatic heterocycles. The van der Waals surface area contributed by atoms with Crippen molar-refractivity contribution >= 4 is 40.4 Å². The number of nitrogens with one attached hydrogen (secondary N) is 2. The van der Waals surface area contributed by atoms with Crippen molar-refractivity contribution in [3.63, 3.8) is 0 Å². The first-order valence-corrected chi connectivity index (χ1v) is 8.25. The van der Waals surface area contributed by atoms with E-state index in [1.165, 1.54) is 11.3 Å². The summed E-state index contributed by atoms with van der Waals surface area (Å²) in [5.74, 6) is -0.537. The second-order valence-electron chi connectivity index (χ2n) is 5.67. The molecule has 0 saturated carbocycles. The largest absolute Gasteiger partial charge is 0.346 e. The highest BCUT2D eigenvalue weighted by Crippen LogP contribution is 2.24. The number of hydrogen-bond acceptors (Lipinski definition) is 4. The molecule has 4 N–H and O–H groups in total. The lowest BCUT2D eigenvalue weighted by Gasteiger charge is -2.24. The van der Waals surface area contributed by atoms with Crippen molar-refractivity contribution in [3.8, 4) is 0 Å². The van der Waals surface area contributed by atoms with E-state index in [2.05, 4.69) is 10.6 Å². The molecule has 0 aliphatic rings. The molecule has 1 aromatic carbocycles. The van der Waals surface area contributed by atoms with Crippen molar-refractivity contribution in [1.82, 2.24) is 5.32 Å². The van der Waals surface area contributed by atoms with Crippen LogP contribution in [0.1, 0.15) is 33.9 Å². The van der Waals surface area contributed by atoms with Crippen LogP contribution in [0.4, 0.5) is 5.69 Å². The molecule has 23 heavy (non-hydrogen) atoms. The molecular formula is C16H18ClN3O2S. The smallest absolute Gasteiger partial charge is 0.265 e. The lowest BCUT2D eigenvalue weighted by molar-refractivity contribution is 0.0914. The summed E-state index contributed by atoms with van der Waals surface area (Å²) in [4.78, 5) is 25.0. The van der Waals surface area contributed by atoms with Crippen LogP contribution >= 0.6 is 22.9 Å². The molecule has 5 nitrogen and oxygen atoms in total. The number of benzene rings is 1. The van der Waals surface area contributed by atoms with Gasteiger partial charge in [0.2, 0.25) is 0 Å². The van der Waals surface area contributed by atoms with Crippen LogP contribution in [0.2, 0.25) is 5.02 Å². The van der Waals surface area contributed by atoms with Crippen LogP contribution in [0.5, 0.6) is 0 Å². The average Bonchev–Trinajstić information content (AvgIpc) is 3.03. The van der Waals surface area contributed by atoms with E-state index in [1.807, 2.05) is 19.2 Å². The van der Waals surface area contributed by atoms with Gasteiger partial charge in [0.15, 0.2) is 0 Å². The first-order chi connectivity index (χ1) is 10.8. The van der Waals surface area contributed by atoms with Gasteiger partial charge in [-0.2, -0.15) is 0 Å². The van der Waals surface area contributed by atoms with Crippen molar-refractivity contribution in [2.75, 3.05) is 11.9 Å². The number of halogens is 1. The second kappa shape index (κ2) is 7.12. The predicted octanol–water partition coefficient (Wildman–Crippen LogP) is 3.12. The summed E-state index contributed by atoms with van der Waals surface area (Å²) in [5, 5.41) is 7.73. The Balaban J connectivity index is 2.19. The number of amides is 2. The van der Waals surface area contributed by atoms with Crippen molar-refractivity contribution < 1.29 is 9.59 Å². The molecular weight excluding hydrogens is 334 g/mol. The Hall–Kier alpha value is -1.89. The summed E-state index contributed by atoms with van der Waals surface area (Å²) >= 11 is 7.43. The summed E-state index contributed by atoms with van der Waals surface area (Å²) in [6.07, 6.45) is 0. The van der Waals surface area contributed by atoms with Gasteiger partial charge in [0.05, 0.1) is 15.6 Å². The van der Waals surface area contributed by atoms with E-state index in [1.54, 1.807) is 30.3 Å². The van der Waals surface area contributed by atoms with Gasteiger partial charge in [-0.15, -0.1) is 11.3 Å². The van der Waals surface area contributed by atoms with Gasteiger partial charge < -0.3 is 16.4 Å². The Morgan fingerprint density at radius 2 is 2.00 bits per heavy atom. The Morgan fingerprint density at radius 3 is 2.61 bits per heavy atom. The van der Waals surface area contributed by atoms with E-state index < -0.39 is 5.54 Å². The Kier molecular flexibility index (Phi) is 5.41. The Bertz CT molecular complexity index is 714. The van der Waals surface area contributed by atoms with Crippen molar-refractivity contribution in [2.24, 2.45) is 5.73 Å². The number of hydrogen-bond donors (Lipinski definition) is 3. The second-order valence-corrected chi connectivity index (χ2v) is 7.02. The molecule has 2 rings (SSSR count). The molecule has 1 heterocycles. The fourth-order valence-electron chi connectivity index (χ4n) is 1.78. The average molecular weight is 352 g/mol. The standard InChI is InChI=1S/C16H18ClN3O2S/c1-16(2,9-18)20-14(21)10-5-6-11(17)12(8-10)19-15(22)13-4-3-7-23-13/h3-8H,9,18H2,1-2H3,(H,19,22)(H,20,21). The quantitative estimate of drug-likeness (QED) is 0.773. The molecule has 0 aliphatic carbocycles. The third-order valence-corrected chi connectivity index (χ3v) is 4.38. The SMILES string of the molecule is CC(C)(CN)NC(=O)c1ccc(Cl)c(NC(=O)c2cccs2)c1. The topological polar surface area (TPSA) is 84.2 Å². The minimum Gasteiger partial charge on any atom is -0.346 e. The van der Waals surface area contributed by atoms with Crippen LogP contribution in [0.15, 0.2) is 35.7 Å². The van der Waals surface area contributed by atoms with Crippen molar-refractivity contribution in [2.45, 2.75) is 19.4 Å².